The number of hydrogen-bond acceptors (Lipinski definition) is 3. The molecule has 1 unspecified atom stereocenters. The van der Waals surface area contributed by atoms with Crippen molar-refractivity contribution >= 4 is 21.6 Å². The predicted octanol–water partition coefficient (Wildman–Crippen LogP) is 4.24. The molecule has 0 fully saturated rings. The van der Waals surface area contributed by atoms with Crippen molar-refractivity contribution < 1.29 is 13.2 Å². The Kier molecular flexibility index (Phi) is 7.56. The van der Waals surface area contributed by atoms with Crippen molar-refractivity contribution in [2.24, 2.45) is 0 Å². The van der Waals surface area contributed by atoms with Crippen LogP contribution in [-0.2, 0) is 14.8 Å². The molecule has 0 spiro atoms. The molecule has 0 aliphatic rings. The molecule has 2 aromatic rings. The maximum absolute atomic E-state index is 12.8. The summed E-state index contributed by atoms with van der Waals surface area (Å²) in [5.74, 6) is -0.389. The van der Waals surface area contributed by atoms with E-state index in [0.29, 0.717) is 18.8 Å². The number of carbonyl (C=O) groups is 1. The van der Waals surface area contributed by atoms with Gasteiger partial charge in [-0.1, -0.05) is 63.6 Å². The summed E-state index contributed by atoms with van der Waals surface area (Å²) in [6.45, 7) is 6.47. The van der Waals surface area contributed by atoms with Crippen LogP contribution in [0.15, 0.2) is 59.5 Å². The average Bonchev–Trinajstić information content (AvgIpc) is 2.67. The van der Waals surface area contributed by atoms with E-state index in [9.17, 15) is 13.2 Å². The van der Waals surface area contributed by atoms with E-state index in [1.165, 1.54) is 10.4 Å². The molecular weight excluding hydrogens is 360 g/mol. The zero-order chi connectivity index (χ0) is 19.9. The lowest BCUT2D eigenvalue weighted by molar-refractivity contribution is -0.117. The third kappa shape index (κ3) is 5.17. The summed E-state index contributed by atoms with van der Waals surface area (Å²) in [6.07, 6.45) is 1.61. The minimum absolute atomic E-state index is 0.125. The molecule has 0 aliphatic carbocycles. The highest BCUT2D eigenvalue weighted by atomic mass is 32.2. The van der Waals surface area contributed by atoms with Crippen LogP contribution >= 0.6 is 0 Å². The van der Waals surface area contributed by atoms with Gasteiger partial charge in [-0.3, -0.25) is 4.79 Å². The standard InChI is InChI=1S/C21H28N2O3S/c1-4-11-20(17-12-8-7-9-13-17)21(24)22-18-14-10-15-19(16-18)27(25,26)23(5-2)6-3/h7-10,12-16,20H,4-6,11H2,1-3H3,(H,22,24). The fraction of sp³-hybridized carbons (Fsp3) is 0.381. The smallest absolute Gasteiger partial charge is 0.243 e. The molecule has 1 N–H and O–H groups in total. The molecule has 0 heterocycles. The van der Waals surface area contributed by atoms with Gasteiger partial charge in [0.2, 0.25) is 15.9 Å². The van der Waals surface area contributed by atoms with Gasteiger partial charge in [-0.05, 0) is 30.2 Å². The van der Waals surface area contributed by atoms with Crippen LogP contribution in [-0.4, -0.2) is 31.7 Å². The third-order valence-corrected chi connectivity index (χ3v) is 6.59. The van der Waals surface area contributed by atoms with Gasteiger partial charge >= 0.3 is 0 Å². The lowest BCUT2D eigenvalue weighted by Gasteiger charge is -2.20. The number of rotatable bonds is 9. The van der Waals surface area contributed by atoms with E-state index in [1.807, 2.05) is 51.1 Å². The highest BCUT2D eigenvalue weighted by Crippen LogP contribution is 2.25. The van der Waals surface area contributed by atoms with Gasteiger partial charge in [0.05, 0.1) is 10.8 Å². The minimum Gasteiger partial charge on any atom is -0.326 e. The number of carbonyl (C=O) groups excluding carboxylic acids is 1. The van der Waals surface area contributed by atoms with Gasteiger partial charge in [-0.15, -0.1) is 0 Å². The van der Waals surface area contributed by atoms with Gasteiger partial charge < -0.3 is 5.32 Å². The molecule has 0 saturated carbocycles. The molecule has 146 valence electrons. The molecule has 0 bridgehead atoms. The Hall–Kier alpha value is -2.18. The van der Waals surface area contributed by atoms with E-state index in [0.717, 1.165) is 18.4 Å². The molecule has 5 nitrogen and oxygen atoms in total. The van der Waals surface area contributed by atoms with Gasteiger partial charge in [0.25, 0.3) is 0 Å². The van der Waals surface area contributed by atoms with E-state index in [2.05, 4.69) is 5.32 Å². The lowest BCUT2D eigenvalue weighted by Crippen LogP contribution is -2.30. The van der Waals surface area contributed by atoms with E-state index < -0.39 is 10.0 Å². The number of nitrogens with one attached hydrogen (secondary N) is 1. The first-order chi connectivity index (χ1) is 12.9. The summed E-state index contributed by atoms with van der Waals surface area (Å²) in [4.78, 5) is 13.0. The number of sulfonamides is 1. The van der Waals surface area contributed by atoms with Crippen molar-refractivity contribution in [1.82, 2.24) is 4.31 Å². The molecule has 0 aliphatic heterocycles. The first-order valence-electron chi connectivity index (χ1n) is 9.40. The molecule has 1 atom stereocenters. The molecule has 0 saturated heterocycles. The zero-order valence-corrected chi connectivity index (χ0v) is 17.0. The molecular formula is C21H28N2O3S. The first kappa shape index (κ1) is 21.1. The summed E-state index contributed by atoms with van der Waals surface area (Å²) in [5.41, 5.74) is 1.45. The Bertz CT molecular complexity index is 847. The molecule has 0 aromatic heterocycles. The molecule has 2 rings (SSSR count). The number of anilines is 1. The molecule has 0 radical (unpaired) electrons. The van der Waals surface area contributed by atoms with Crippen molar-refractivity contribution in [2.45, 2.75) is 44.4 Å². The van der Waals surface area contributed by atoms with Crippen LogP contribution < -0.4 is 5.32 Å². The monoisotopic (exact) mass is 388 g/mol. The Morgan fingerprint density at radius 3 is 2.26 bits per heavy atom. The van der Waals surface area contributed by atoms with Crippen molar-refractivity contribution in [3.05, 3.63) is 60.2 Å². The first-order valence-corrected chi connectivity index (χ1v) is 10.8. The fourth-order valence-electron chi connectivity index (χ4n) is 3.10. The van der Waals surface area contributed by atoms with Gasteiger partial charge in [0, 0.05) is 18.8 Å². The van der Waals surface area contributed by atoms with Crippen LogP contribution in [0.25, 0.3) is 0 Å². The van der Waals surface area contributed by atoms with E-state index in [4.69, 9.17) is 0 Å². The maximum Gasteiger partial charge on any atom is 0.243 e. The highest BCUT2D eigenvalue weighted by Gasteiger charge is 2.23. The van der Waals surface area contributed by atoms with Crippen molar-refractivity contribution in [3.8, 4) is 0 Å². The number of hydrogen-bond donors (Lipinski definition) is 1. The van der Waals surface area contributed by atoms with Crippen molar-refractivity contribution in [3.63, 3.8) is 0 Å². The number of amides is 1. The Labute approximate surface area is 162 Å². The van der Waals surface area contributed by atoms with Gasteiger partial charge in [0.1, 0.15) is 0 Å². The molecule has 6 heteroatoms. The number of nitrogens with zero attached hydrogens (tertiary/aromatic N) is 1. The van der Waals surface area contributed by atoms with Gasteiger partial charge in [-0.2, -0.15) is 4.31 Å². The largest absolute Gasteiger partial charge is 0.326 e. The number of benzene rings is 2. The fourth-order valence-corrected chi connectivity index (χ4v) is 4.60. The van der Waals surface area contributed by atoms with Crippen LogP contribution in [0.3, 0.4) is 0 Å². The molecule has 2 aromatic carbocycles. The quantitative estimate of drug-likeness (QED) is 0.699. The van der Waals surface area contributed by atoms with Crippen LogP contribution in [0, 0.1) is 0 Å². The molecule has 1 amide bonds. The predicted molar refractivity (Wildman–Crippen MR) is 109 cm³/mol. The normalized spacial score (nSPS) is 12.7. The van der Waals surface area contributed by atoms with Crippen LogP contribution in [0.2, 0.25) is 0 Å². The maximum atomic E-state index is 12.8. The zero-order valence-electron chi connectivity index (χ0n) is 16.2. The van der Waals surface area contributed by atoms with Crippen molar-refractivity contribution in [2.75, 3.05) is 18.4 Å². The topological polar surface area (TPSA) is 66.5 Å². The highest BCUT2D eigenvalue weighted by molar-refractivity contribution is 7.89. The summed E-state index contributed by atoms with van der Waals surface area (Å²) >= 11 is 0. The van der Waals surface area contributed by atoms with Crippen LogP contribution in [0.1, 0.15) is 45.1 Å². The summed E-state index contributed by atoms with van der Waals surface area (Å²) in [6, 6.07) is 16.1. The third-order valence-electron chi connectivity index (χ3n) is 4.54. The Balaban J connectivity index is 2.25. The summed E-state index contributed by atoms with van der Waals surface area (Å²) in [5, 5.41) is 2.89. The SMILES string of the molecule is CCCC(C(=O)Nc1cccc(S(=O)(=O)N(CC)CC)c1)c1ccccc1. The van der Waals surface area contributed by atoms with Crippen LogP contribution in [0.5, 0.6) is 0 Å². The van der Waals surface area contributed by atoms with E-state index in [1.54, 1.807) is 18.2 Å². The average molecular weight is 389 g/mol. The molecule has 27 heavy (non-hydrogen) atoms. The van der Waals surface area contributed by atoms with E-state index in [-0.39, 0.29) is 16.7 Å². The van der Waals surface area contributed by atoms with Crippen molar-refractivity contribution in [1.29, 1.82) is 0 Å². The van der Waals surface area contributed by atoms with Gasteiger partial charge in [0.15, 0.2) is 0 Å². The Morgan fingerprint density at radius 1 is 1.00 bits per heavy atom. The second kappa shape index (κ2) is 9.67. The second-order valence-electron chi connectivity index (χ2n) is 6.36. The minimum atomic E-state index is -3.56. The van der Waals surface area contributed by atoms with Gasteiger partial charge in [-0.25, -0.2) is 8.42 Å². The van der Waals surface area contributed by atoms with Crippen LogP contribution in [0.4, 0.5) is 5.69 Å². The summed E-state index contributed by atoms with van der Waals surface area (Å²) < 4.78 is 26.8. The second-order valence-corrected chi connectivity index (χ2v) is 8.30. The van der Waals surface area contributed by atoms with E-state index >= 15 is 0 Å². The summed E-state index contributed by atoms with van der Waals surface area (Å²) in [7, 11) is -3.56. The lowest BCUT2D eigenvalue weighted by atomic mass is 9.93. The Morgan fingerprint density at radius 2 is 1.67 bits per heavy atom.